The standard InChI is InChI=1S/C50H37N3O/c51-31-34-17-21-48-42(27-34)41-26-32-10-4-2-1-3-5-11-33-24-36(28-38(25-33)53-45-14-8-6-12-39(45)40-13-7-9-15-46(40)53)35-18-22-49-43(29-35)44-30-37(19-23-50(44)54-49)52(48)47(41)20-16-32/h6-9,12-30H,1-5,10-11H2. The van der Waals surface area contributed by atoms with E-state index in [4.69, 9.17) is 4.42 Å². The first-order valence-electron chi connectivity index (χ1n) is 19.3. The molecule has 4 heteroatoms. The van der Waals surface area contributed by atoms with Crippen LogP contribution in [0.15, 0.2) is 144 Å². The number of furan rings is 1. The number of nitriles is 1. The first-order valence-corrected chi connectivity index (χ1v) is 19.3. The number of fused-ring (bicyclic) bond motifs is 11. The molecule has 0 atom stereocenters. The third kappa shape index (κ3) is 4.89. The van der Waals surface area contributed by atoms with Crippen molar-refractivity contribution in [1.82, 2.24) is 9.13 Å². The smallest absolute Gasteiger partial charge is 0.135 e. The van der Waals surface area contributed by atoms with Crippen LogP contribution < -0.4 is 0 Å². The van der Waals surface area contributed by atoms with Crippen LogP contribution in [0.5, 0.6) is 0 Å². The van der Waals surface area contributed by atoms with Gasteiger partial charge in [-0.05, 0) is 133 Å². The van der Waals surface area contributed by atoms with Crippen LogP contribution in [0, 0.1) is 11.3 Å². The van der Waals surface area contributed by atoms with Crippen LogP contribution in [0.4, 0.5) is 0 Å². The Hall–Kier alpha value is -6.57. The fraction of sp³-hybridized carbons (Fsp3) is 0.140. The van der Waals surface area contributed by atoms with Crippen molar-refractivity contribution >= 4 is 65.6 Å². The van der Waals surface area contributed by atoms with E-state index in [1.54, 1.807) is 0 Å². The summed E-state index contributed by atoms with van der Waals surface area (Å²) in [4.78, 5) is 0. The summed E-state index contributed by atoms with van der Waals surface area (Å²) >= 11 is 0. The molecule has 2 aliphatic rings. The molecule has 0 unspecified atom stereocenters. The fourth-order valence-corrected chi connectivity index (χ4v) is 9.16. The molecule has 54 heavy (non-hydrogen) atoms. The molecule has 258 valence electrons. The fourth-order valence-electron chi connectivity index (χ4n) is 9.16. The van der Waals surface area contributed by atoms with Gasteiger partial charge < -0.3 is 13.6 Å². The van der Waals surface area contributed by atoms with Gasteiger partial charge in [0.1, 0.15) is 11.2 Å². The van der Waals surface area contributed by atoms with Crippen LogP contribution in [0.25, 0.3) is 88.1 Å². The predicted molar refractivity (Wildman–Crippen MR) is 223 cm³/mol. The van der Waals surface area contributed by atoms with Crippen LogP contribution >= 0.6 is 0 Å². The van der Waals surface area contributed by atoms with Crippen LogP contribution in [0.2, 0.25) is 0 Å². The highest BCUT2D eigenvalue weighted by Gasteiger charge is 2.18. The van der Waals surface area contributed by atoms with Crippen molar-refractivity contribution in [3.63, 3.8) is 0 Å². The Kier molecular flexibility index (Phi) is 7.03. The Balaban J connectivity index is 1.14. The largest absolute Gasteiger partial charge is 0.456 e. The van der Waals surface area contributed by atoms with E-state index in [9.17, 15) is 5.26 Å². The van der Waals surface area contributed by atoms with Crippen molar-refractivity contribution in [3.05, 3.63) is 156 Å². The van der Waals surface area contributed by atoms with Crippen LogP contribution in [0.1, 0.15) is 48.8 Å². The summed E-state index contributed by atoms with van der Waals surface area (Å²) in [6, 6.07) is 53.4. The molecule has 0 saturated carbocycles. The number of hydrogen-bond donors (Lipinski definition) is 0. The summed E-state index contributed by atoms with van der Waals surface area (Å²) in [5.41, 5.74) is 14.6. The summed E-state index contributed by atoms with van der Waals surface area (Å²) in [5.74, 6) is 0. The molecule has 2 aliphatic heterocycles. The van der Waals surface area contributed by atoms with Crippen LogP contribution in [-0.2, 0) is 12.8 Å². The lowest BCUT2D eigenvalue weighted by molar-refractivity contribution is 0.613. The molecule has 3 aromatic heterocycles. The van der Waals surface area contributed by atoms with E-state index < -0.39 is 0 Å². The lowest BCUT2D eigenvalue weighted by atomic mass is 9.97. The molecule has 10 bridgehead atoms. The Labute approximate surface area is 313 Å². The molecule has 0 saturated heterocycles. The second kappa shape index (κ2) is 12.3. The summed E-state index contributed by atoms with van der Waals surface area (Å²) in [6.07, 6.45) is 8.10. The van der Waals surface area contributed by atoms with E-state index >= 15 is 0 Å². The Morgan fingerprint density at radius 1 is 0.426 bits per heavy atom. The van der Waals surface area contributed by atoms with Crippen molar-refractivity contribution in [2.75, 3.05) is 0 Å². The Morgan fingerprint density at radius 3 is 1.83 bits per heavy atom. The highest BCUT2D eigenvalue weighted by Crippen LogP contribution is 2.39. The van der Waals surface area contributed by atoms with E-state index in [0.29, 0.717) is 5.56 Å². The maximum absolute atomic E-state index is 9.82. The molecule has 5 heterocycles. The minimum Gasteiger partial charge on any atom is -0.456 e. The minimum atomic E-state index is 0.683. The van der Waals surface area contributed by atoms with Crippen LogP contribution in [0.3, 0.4) is 0 Å². The number of rotatable bonds is 1. The number of aromatic nitrogens is 2. The van der Waals surface area contributed by atoms with E-state index in [-0.39, 0.29) is 0 Å². The number of nitrogens with zero attached hydrogens (tertiary/aromatic N) is 3. The van der Waals surface area contributed by atoms with E-state index in [1.165, 1.54) is 80.8 Å². The van der Waals surface area contributed by atoms with Crippen LogP contribution in [-0.4, -0.2) is 9.13 Å². The van der Waals surface area contributed by atoms with Gasteiger partial charge in [0.25, 0.3) is 0 Å². The zero-order chi connectivity index (χ0) is 35.8. The molecule has 10 aromatic rings. The Bertz CT molecular complexity index is 3110. The second-order valence-electron chi connectivity index (χ2n) is 15.0. The molecule has 0 aliphatic carbocycles. The van der Waals surface area contributed by atoms with Crippen molar-refractivity contribution in [2.24, 2.45) is 0 Å². The minimum absolute atomic E-state index is 0.683. The summed E-state index contributed by atoms with van der Waals surface area (Å²) in [5, 5.41) is 16.9. The lowest BCUT2D eigenvalue weighted by Crippen LogP contribution is -1.97. The van der Waals surface area contributed by atoms with E-state index in [2.05, 4.69) is 149 Å². The molecule has 12 rings (SSSR count). The van der Waals surface area contributed by atoms with Gasteiger partial charge in [-0.2, -0.15) is 5.26 Å². The third-order valence-electron chi connectivity index (χ3n) is 11.7. The first kappa shape index (κ1) is 31.0. The van der Waals surface area contributed by atoms with Crippen molar-refractivity contribution in [1.29, 1.82) is 5.26 Å². The quantitative estimate of drug-likeness (QED) is 0.172. The van der Waals surface area contributed by atoms with Crippen molar-refractivity contribution < 1.29 is 4.42 Å². The summed E-state index contributed by atoms with van der Waals surface area (Å²) < 4.78 is 11.3. The van der Waals surface area contributed by atoms with E-state index in [0.717, 1.165) is 63.3 Å². The second-order valence-corrected chi connectivity index (χ2v) is 15.0. The Morgan fingerprint density at radius 2 is 1.06 bits per heavy atom. The maximum Gasteiger partial charge on any atom is 0.135 e. The number of aryl methyl sites for hydroxylation is 2. The van der Waals surface area contributed by atoms with Gasteiger partial charge in [-0.15, -0.1) is 0 Å². The topological polar surface area (TPSA) is 46.8 Å². The van der Waals surface area contributed by atoms with Gasteiger partial charge in [0.2, 0.25) is 0 Å². The van der Waals surface area contributed by atoms with Gasteiger partial charge in [-0.3, -0.25) is 0 Å². The van der Waals surface area contributed by atoms with Crippen molar-refractivity contribution in [3.8, 4) is 28.6 Å². The predicted octanol–water partition coefficient (Wildman–Crippen LogP) is 13.4. The monoisotopic (exact) mass is 695 g/mol. The number of hydrogen-bond acceptors (Lipinski definition) is 2. The molecular weight excluding hydrogens is 659 g/mol. The molecule has 7 aromatic carbocycles. The highest BCUT2D eigenvalue weighted by molar-refractivity contribution is 6.12. The SMILES string of the molecule is N#Cc1ccc2c(c1)c1cc3ccc1n2-c1ccc2oc4ccc(cc4c2c1)-c1cc(cc(-n2c4ccccc4c4ccccc42)c1)CCCCCCC3. The molecule has 0 radical (unpaired) electrons. The van der Waals surface area contributed by atoms with Gasteiger partial charge in [0.15, 0.2) is 0 Å². The maximum atomic E-state index is 9.82. The summed E-state index contributed by atoms with van der Waals surface area (Å²) in [7, 11) is 0. The van der Waals surface area contributed by atoms with Crippen molar-refractivity contribution in [2.45, 2.75) is 44.9 Å². The van der Waals surface area contributed by atoms with Gasteiger partial charge in [0, 0.05) is 43.7 Å². The summed E-state index contributed by atoms with van der Waals surface area (Å²) in [6.45, 7) is 0. The molecule has 0 amide bonds. The number of para-hydroxylation sites is 2. The molecule has 0 spiro atoms. The zero-order valence-corrected chi connectivity index (χ0v) is 30.0. The van der Waals surface area contributed by atoms with Gasteiger partial charge in [-0.1, -0.05) is 73.9 Å². The van der Waals surface area contributed by atoms with Gasteiger partial charge in [0.05, 0.1) is 33.7 Å². The van der Waals surface area contributed by atoms with Gasteiger partial charge in [-0.25, -0.2) is 0 Å². The normalized spacial score (nSPS) is 13.8. The molecule has 0 fully saturated rings. The molecular formula is C50H37N3O. The zero-order valence-electron chi connectivity index (χ0n) is 30.0. The number of benzene rings is 7. The third-order valence-corrected chi connectivity index (χ3v) is 11.7. The highest BCUT2D eigenvalue weighted by atomic mass is 16.3. The average Bonchev–Trinajstić information content (AvgIpc) is 3.86. The average molecular weight is 696 g/mol. The molecule has 4 nitrogen and oxygen atoms in total. The van der Waals surface area contributed by atoms with E-state index in [1.807, 2.05) is 6.07 Å². The molecule has 0 N–H and O–H groups in total. The first-order chi connectivity index (χ1) is 26.7. The van der Waals surface area contributed by atoms with Gasteiger partial charge >= 0.3 is 0 Å². The lowest BCUT2D eigenvalue weighted by Gasteiger charge is -2.14.